The average molecular weight is 217 g/mol. The number of rotatable bonds is 0. The first-order valence-electron chi connectivity index (χ1n) is 5.31. The van der Waals surface area contributed by atoms with Crippen LogP contribution in [-0.2, 0) is 14.2 Å². The lowest BCUT2D eigenvalue weighted by molar-refractivity contribution is -0.345. The molecule has 5 nitrogen and oxygen atoms in total. The molecule has 3 N–H and O–H groups in total. The van der Waals surface area contributed by atoms with Crippen LogP contribution in [0.15, 0.2) is 0 Å². The molecule has 0 saturated carbocycles. The van der Waals surface area contributed by atoms with E-state index in [1.807, 2.05) is 20.8 Å². The van der Waals surface area contributed by atoms with E-state index in [1.165, 1.54) is 0 Å². The predicted octanol–water partition coefficient (Wildman–Crippen LogP) is -0.387. The van der Waals surface area contributed by atoms with Crippen LogP contribution in [0.4, 0.5) is 0 Å². The molecule has 2 fully saturated rings. The van der Waals surface area contributed by atoms with Crippen LogP contribution in [0.25, 0.3) is 0 Å². The van der Waals surface area contributed by atoms with Crippen molar-refractivity contribution in [1.82, 2.24) is 0 Å². The smallest absolute Gasteiger partial charge is 0.163 e. The van der Waals surface area contributed by atoms with Crippen molar-refractivity contribution in [3.8, 4) is 0 Å². The number of aliphatic hydroxyl groups is 1. The maximum atomic E-state index is 9.99. The van der Waals surface area contributed by atoms with E-state index in [0.717, 1.165) is 0 Å². The largest absolute Gasteiger partial charge is 0.389 e. The standard InChI is InChI=1S/C10H19NO4/c1-5-7(11)8(12)9-6(14-5)4-13-10(2,3)15-9/h5-9,12H,4,11H2,1-3H3/t5-,6?,7?,8?,9-/m0/s1. The number of fused-ring (bicyclic) bond motifs is 1. The van der Waals surface area contributed by atoms with E-state index >= 15 is 0 Å². The summed E-state index contributed by atoms with van der Waals surface area (Å²) >= 11 is 0. The summed E-state index contributed by atoms with van der Waals surface area (Å²) in [7, 11) is 0. The van der Waals surface area contributed by atoms with Crippen LogP contribution in [0, 0.1) is 0 Å². The van der Waals surface area contributed by atoms with E-state index < -0.39 is 17.9 Å². The molecule has 2 saturated heterocycles. The summed E-state index contributed by atoms with van der Waals surface area (Å²) in [6, 6.07) is -0.403. The van der Waals surface area contributed by atoms with Crippen molar-refractivity contribution in [3.63, 3.8) is 0 Å². The number of hydrogen-bond acceptors (Lipinski definition) is 5. The van der Waals surface area contributed by atoms with Gasteiger partial charge in [-0.05, 0) is 20.8 Å². The molecule has 2 heterocycles. The lowest BCUT2D eigenvalue weighted by atomic mass is 9.93. The predicted molar refractivity (Wildman–Crippen MR) is 53.2 cm³/mol. The summed E-state index contributed by atoms with van der Waals surface area (Å²) in [5.41, 5.74) is 5.82. The van der Waals surface area contributed by atoms with Gasteiger partial charge in [-0.25, -0.2) is 0 Å². The highest BCUT2D eigenvalue weighted by molar-refractivity contribution is 4.96. The minimum atomic E-state index is -0.693. The summed E-state index contributed by atoms with van der Waals surface area (Å²) in [6.07, 6.45) is -1.47. The van der Waals surface area contributed by atoms with E-state index in [2.05, 4.69) is 0 Å². The van der Waals surface area contributed by atoms with Gasteiger partial charge in [-0.3, -0.25) is 0 Å². The van der Waals surface area contributed by atoms with E-state index in [0.29, 0.717) is 6.61 Å². The van der Waals surface area contributed by atoms with Crippen LogP contribution in [0.3, 0.4) is 0 Å². The molecule has 0 aromatic carbocycles. The Morgan fingerprint density at radius 3 is 2.73 bits per heavy atom. The fraction of sp³-hybridized carbons (Fsp3) is 1.00. The number of aliphatic hydroxyl groups excluding tert-OH is 1. The zero-order chi connectivity index (χ0) is 11.2. The maximum absolute atomic E-state index is 9.99. The Bertz CT molecular complexity index is 244. The highest BCUT2D eigenvalue weighted by Crippen LogP contribution is 2.31. The quantitative estimate of drug-likeness (QED) is 0.578. The van der Waals surface area contributed by atoms with Crippen molar-refractivity contribution < 1.29 is 19.3 Å². The van der Waals surface area contributed by atoms with Crippen molar-refractivity contribution in [2.75, 3.05) is 6.61 Å². The summed E-state index contributed by atoms with van der Waals surface area (Å²) in [5.74, 6) is -0.675. The molecule has 0 bridgehead atoms. The third-order valence-electron chi connectivity index (χ3n) is 3.04. The highest BCUT2D eigenvalue weighted by atomic mass is 16.7. The van der Waals surface area contributed by atoms with Gasteiger partial charge in [0.05, 0.1) is 18.8 Å². The molecule has 0 radical (unpaired) electrons. The van der Waals surface area contributed by atoms with E-state index in [-0.39, 0.29) is 18.3 Å². The Labute approximate surface area is 89.5 Å². The molecular formula is C10H19NO4. The van der Waals surface area contributed by atoms with E-state index in [4.69, 9.17) is 19.9 Å². The third kappa shape index (κ3) is 2.03. The lowest BCUT2D eigenvalue weighted by Gasteiger charge is -2.48. The minimum absolute atomic E-state index is 0.172. The zero-order valence-corrected chi connectivity index (χ0v) is 9.34. The van der Waals surface area contributed by atoms with E-state index in [9.17, 15) is 5.11 Å². The summed E-state index contributed by atoms with van der Waals surface area (Å²) < 4.78 is 16.7. The molecule has 5 atom stereocenters. The van der Waals surface area contributed by atoms with Crippen LogP contribution >= 0.6 is 0 Å². The molecule has 0 aromatic rings. The minimum Gasteiger partial charge on any atom is -0.389 e. The Kier molecular flexibility index (Phi) is 2.77. The molecule has 3 unspecified atom stereocenters. The lowest BCUT2D eigenvalue weighted by Crippen LogP contribution is -2.65. The van der Waals surface area contributed by atoms with Crippen molar-refractivity contribution in [2.24, 2.45) is 5.73 Å². The van der Waals surface area contributed by atoms with Gasteiger partial charge in [0.2, 0.25) is 0 Å². The fourth-order valence-electron chi connectivity index (χ4n) is 2.08. The van der Waals surface area contributed by atoms with Gasteiger partial charge in [0.15, 0.2) is 5.79 Å². The zero-order valence-electron chi connectivity index (χ0n) is 9.34. The van der Waals surface area contributed by atoms with Crippen molar-refractivity contribution in [2.45, 2.75) is 57.0 Å². The summed E-state index contributed by atoms with van der Waals surface area (Å²) in [6.45, 7) is 5.93. The SMILES string of the molecule is C[C@@H]1OC2COC(C)(C)O[C@@H]2C(O)C1N. The van der Waals surface area contributed by atoms with Gasteiger partial charge >= 0.3 is 0 Å². The third-order valence-corrected chi connectivity index (χ3v) is 3.04. The first-order valence-corrected chi connectivity index (χ1v) is 5.31. The Balaban J connectivity index is 2.12. The van der Waals surface area contributed by atoms with Crippen molar-refractivity contribution >= 4 is 0 Å². The number of ether oxygens (including phenoxy) is 3. The van der Waals surface area contributed by atoms with Crippen molar-refractivity contribution in [3.05, 3.63) is 0 Å². The van der Waals surface area contributed by atoms with Crippen LogP contribution in [0.5, 0.6) is 0 Å². The second-order valence-electron chi connectivity index (χ2n) is 4.74. The van der Waals surface area contributed by atoms with Crippen LogP contribution in [-0.4, -0.2) is 48.0 Å². The van der Waals surface area contributed by atoms with Gasteiger partial charge in [-0.15, -0.1) is 0 Å². The van der Waals surface area contributed by atoms with Gasteiger partial charge < -0.3 is 25.1 Å². The Morgan fingerprint density at radius 1 is 1.40 bits per heavy atom. The molecule has 88 valence electrons. The molecule has 2 aliphatic rings. The molecule has 2 aliphatic heterocycles. The van der Waals surface area contributed by atoms with Gasteiger partial charge in [0, 0.05) is 0 Å². The second kappa shape index (κ2) is 3.68. The number of nitrogens with two attached hydrogens (primary N) is 1. The monoisotopic (exact) mass is 217 g/mol. The molecule has 5 heteroatoms. The average Bonchev–Trinajstić information content (AvgIpc) is 2.16. The summed E-state index contributed by atoms with van der Waals surface area (Å²) in [4.78, 5) is 0. The molecule has 0 spiro atoms. The number of hydrogen-bond donors (Lipinski definition) is 2. The molecule has 15 heavy (non-hydrogen) atoms. The second-order valence-corrected chi connectivity index (χ2v) is 4.74. The normalized spacial score (nSPS) is 49.8. The van der Waals surface area contributed by atoms with Crippen LogP contribution in [0.1, 0.15) is 20.8 Å². The first-order chi connectivity index (χ1) is 6.91. The Hall–Kier alpha value is -0.200. The fourth-order valence-corrected chi connectivity index (χ4v) is 2.08. The molecule has 2 rings (SSSR count). The van der Waals surface area contributed by atoms with E-state index in [1.54, 1.807) is 0 Å². The molecule has 0 aromatic heterocycles. The maximum Gasteiger partial charge on any atom is 0.163 e. The first kappa shape index (κ1) is 11.3. The van der Waals surface area contributed by atoms with Crippen molar-refractivity contribution in [1.29, 1.82) is 0 Å². The molecular weight excluding hydrogens is 198 g/mol. The van der Waals surface area contributed by atoms with Gasteiger partial charge in [0.1, 0.15) is 18.3 Å². The Morgan fingerprint density at radius 2 is 2.07 bits per heavy atom. The summed E-state index contributed by atoms with van der Waals surface area (Å²) in [5, 5.41) is 9.99. The van der Waals surface area contributed by atoms with Gasteiger partial charge in [-0.1, -0.05) is 0 Å². The van der Waals surface area contributed by atoms with Crippen LogP contribution < -0.4 is 5.73 Å². The van der Waals surface area contributed by atoms with Crippen LogP contribution in [0.2, 0.25) is 0 Å². The highest BCUT2D eigenvalue weighted by Gasteiger charge is 2.48. The van der Waals surface area contributed by atoms with Gasteiger partial charge in [0.25, 0.3) is 0 Å². The van der Waals surface area contributed by atoms with Gasteiger partial charge in [-0.2, -0.15) is 0 Å². The molecule has 0 amide bonds. The molecule has 0 aliphatic carbocycles. The topological polar surface area (TPSA) is 73.9 Å².